The van der Waals surface area contributed by atoms with Gasteiger partial charge in [-0.05, 0) is 43.7 Å². The smallest absolute Gasteiger partial charge is 0.119 e. The van der Waals surface area contributed by atoms with Crippen molar-refractivity contribution in [2.75, 3.05) is 6.61 Å². The van der Waals surface area contributed by atoms with E-state index < -0.39 is 0 Å². The molecule has 1 N–H and O–H groups in total. The average Bonchev–Trinajstić information content (AvgIpc) is 2.46. The minimum absolute atomic E-state index is 0.101. The van der Waals surface area contributed by atoms with Crippen LogP contribution >= 0.6 is 0 Å². The van der Waals surface area contributed by atoms with E-state index in [1.54, 1.807) is 0 Å². The lowest BCUT2D eigenvalue weighted by atomic mass is 10.1. The summed E-state index contributed by atoms with van der Waals surface area (Å²) in [6, 6.07) is 14.1. The quantitative estimate of drug-likeness (QED) is 0.867. The summed E-state index contributed by atoms with van der Waals surface area (Å²) in [5, 5.41) is 8.68. The summed E-state index contributed by atoms with van der Waals surface area (Å²) < 4.78 is 5.79. The van der Waals surface area contributed by atoms with Crippen LogP contribution in [0.4, 0.5) is 0 Å². The molecule has 108 valence electrons. The molecule has 0 aliphatic heterocycles. The first-order valence-electron chi connectivity index (χ1n) is 7.07. The number of rotatable bonds is 4. The van der Waals surface area contributed by atoms with Crippen LogP contribution in [0, 0.1) is 25.7 Å². The summed E-state index contributed by atoms with van der Waals surface area (Å²) in [7, 11) is 0. The Morgan fingerprint density at radius 1 is 1.00 bits per heavy atom. The summed E-state index contributed by atoms with van der Waals surface area (Å²) in [5.74, 6) is 6.73. The molecule has 0 aliphatic rings. The van der Waals surface area contributed by atoms with Crippen LogP contribution in [0.15, 0.2) is 42.5 Å². The molecule has 0 bridgehead atoms. The molecular weight excluding hydrogens is 260 g/mol. The van der Waals surface area contributed by atoms with Gasteiger partial charge in [0.25, 0.3) is 0 Å². The second-order valence-electron chi connectivity index (χ2n) is 5.08. The maximum absolute atomic E-state index is 8.68. The van der Waals surface area contributed by atoms with Gasteiger partial charge in [0, 0.05) is 12.0 Å². The van der Waals surface area contributed by atoms with E-state index in [0.717, 1.165) is 11.3 Å². The Hall–Kier alpha value is -2.24. The van der Waals surface area contributed by atoms with Gasteiger partial charge in [-0.15, -0.1) is 0 Å². The van der Waals surface area contributed by atoms with Gasteiger partial charge >= 0.3 is 0 Å². The largest absolute Gasteiger partial charge is 0.489 e. The van der Waals surface area contributed by atoms with E-state index in [1.807, 2.05) is 24.3 Å². The van der Waals surface area contributed by atoms with Crippen LogP contribution < -0.4 is 4.74 Å². The van der Waals surface area contributed by atoms with E-state index in [2.05, 4.69) is 43.9 Å². The molecule has 0 atom stereocenters. The monoisotopic (exact) mass is 280 g/mol. The summed E-state index contributed by atoms with van der Waals surface area (Å²) in [6.07, 6.45) is 0.505. The summed E-state index contributed by atoms with van der Waals surface area (Å²) in [4.78, 5) is 0. The Morgan fingerprint density at radius 2 is 1.67 bits per heavy atom. The molecule has 0 heterocycles. The van der Waals surface area contributed by atoms with E-state index in [0.29, 0.717) is 13.0 Å². The van der Waals surface area contributed by atoms with Crippen LogP contribution in [0.1, 0.15) is 28.7 Å². The maximum atomic E-state index is 8.68. The van der Waals surface area contributed by atoms with Crippen LogP contribution in [0.25, 0.3) is 0 Å². The number of hydrogen-bond acceptors (Lipinski definition) is 2. The van der Waals surface area contributed by atoms with Gasteiger partial charge in [-0.2, -0.15) is 0 Å². The first-order chi connectivity index (χ1) is 10.2. The molecule has 2 heteroatoms. The highest BCUT2D eigenvalue weighted by Gasteiger charge is 1.98. The van der Waals surface area contributed by atoms with Crippen molar-refractivity contribution >= 4 is 0 Å². The van der Waals surface area contributed by atoms with E-state index in [4.69, 9.17) is 9.84 Å². The number of hydrogen-bond donors (Lipinski definition) is 1. The van der Waals surface area contributed by atoms with E-state index in [9.17, 15) is 0 Å². The number of benzene rings is 2. The number of ether oxygens (including phenoxy) is 1. The number of aliphatic hydroxyl groups is 1. The molecular formula is C19H20O2. The predicted octanol–water partition coefficient (Wildman–Crippen LogP) is 3.62. The third-order valence-corrected chi connectivity index (χ3v) is 3.01. The molecule has 0 saturated carbocycles. The molecule has 0 aliphatic carbocycles. The topological polar surface area (TPSA) is 29.5 Å². The normalized spacial score (nSPS) is 9.86. The lowest BCUT2D eigenvalue weighted by molar-refractivity contribution is 0.305. The Morgan fingerprint density at radius 3 is 2.29 bits per heavy atom. The van der Waals surface area contributed by atoms with Crippen molar-refractivity contribution in [1.29, 1.82) is 0 Å². The molecule has 0 unspecified atom stereocenters. The zero-order valence-corrected chi connectivity index (χ0v) is 12.5. The third-order valence-electron chi connectivity index (χ3n) is 3.01. The predicted molar refractivity (Wildman–Crippen MR) is 85.3 cm³/mol. The second-order valence-corrected chi connectivity index (χ2v) is 5.08. The Balaban J connectivity index is 1.96. The van der Waals surface area contributed by atoms with Gasteiger partial charge in [-0.1, -0.05) is 41.2 Å². The van der Waals surface area contributed by atoms with Gasteiger partial charge < -0.3 is 9.84 Å². The SMILES string of the molecule is Cc1cc(C)cc(COc2ccc(C#CCCO)cc2)c1. The highest BCUT2D eigenvalue weighted by molar-refractivity contribution is 5.38. The van der Waals surface area contributed by atoms with E-state index >= 15 is 0 Å². The fourth-order valence-corrected chi connectivity index (χ4v) is 2.17. The lowest BCUT2D eigenvalue weighted by Crippen LogP contribution is -1.96. The minimum atomic E-state index is 0.101. The van der Waals surface area contributed by atoms with Crippen molar-refractivity contribution in [2.24, 2.45) is 0 Å². The first kappa shape index (κ1) is 15.2. The van der Waals surface area contributed by atoms with Crippen LogP contribution in [0.2, 0.25) is 0 Å². The molecule has 0 aromatic heterocycles. The van der Waals surface area contributed by atoms with Gasteiger partial charge in [-0.3, -0.25) is 0 Å². The van der Waals surface area contributed by atoms with Crippen LogP contribution in [0.5, 0.6) is 5.75 Å². The van der Waals surface area contributed by atoms with Crippen molar-refractivity contribution < 1.29 is 9.84 Å². The molecule has 2 aromatic rings. The molecule has 0 saturated heterocycles. The molecule has 2 rings (SSSR count). The van der Waals surface area contributed by atoms with Gasteiger partial charge in [-0.25, -0.2) is 0 Å². The van der Waals surface area contributed by atoms with Crippen molar-refractivity contribution in [3.8, 4) is 17.6 Å². The number of aliphatic hydroxyl groups excluding tert-OH is 1. The zero-order valence-electron chi connectivity index (χ0n) is 12.5. The first-order valence-corrected chi connectivity index (χ1v) is 7.07. The fourth-order valence-electron chi connectivity index (χ4n) is 2.17. The minimum Gasteiger partial charge on any atom is -0.489 e. The summed E-state index contributed by atoms with van der Waals surface area (Å²) >= 11 is 0. The highest BCUT2D eigenvalue weighted by atomic mass is 16.5. The molecule has 21 heavy (non-hydrogen) atoms. The van der Waals surface area contributed by atoms with Gasteiger partial charge in [0.2, 0.25) is 0 Å². The summed E-state index contributed by atoms with van der Waals surface area (Å²) in [6.45, 7) is 4.86. The molecule has 2 aromatic carbocycles. The molecule has 0 fully saturated rings. The van der Waals surface area contributed by atoms with E-state index in [1.165, 1.54) is 16.7 Å². The molecule has 0 radical (unpaired) electrons. The highest BCUT2D eigenvalue weighted by Crippen LogP contribution is 2.15. The standard InChI is InChI=1S/C19H20O2/c1-15-11-16(2)13-18(12-15)14-21-19-8-6-17(7-9-19)5-3-4-10-20/h6-9,11-13,20H,4,10,14H2,1-2H3. The van der Waals surface area contributed by atoms with Crippen LogP contribution in [-0.4, -0.2) is 11.7 Å². The molecule has 2 nitrogen and oxygen atoms in total. The van der Waals surface area contributed by atoms with Gasteiger partial charge in [0.1, 0.15) is 12.4 Å². The van der Waals surface area contributed by atoms with Crippen molar-refractivity contribution in [2.45, 2.75) is 26.9 Å². The molecule has 0 amide bonds. The number of aryl methyl sites for hydroxylation is 2. The third kappa shape index (κ3) is 4.98. The van der Waals surface area contributed by atoms with Crippen LogP contribution in [0.3, 0.4) is 0 Å². The van der Waals surface area contributed by atoms with Gasteiger partial charge in [0.15, 0.2) is 0 Å². The zero-order chi connectivity index (χ0) is 15.1. The molecule has 0 spiro atoms. The maximum Gasteiger partial charge on any atom is 0.119 e. The van der Waals surface area contributed by atoms with E-state index in [-0.39, 0.29) is 6.61 Å². The van der Waals surface area contributed by atoms with Crippen molar-refractivity contribution in [3.63, 3.8) is 0 Å². The average molecular weight is 280 g/mol. The van der Waals surface area contributed by atoms with Crippen molar-refractivity contribution in [1.82, 2.24) is 0 Å². The second kappa shape index (κ2) is 7.52. The van der Waals surface area contributed by atoms with Crippen LogP contribution in [-0.2, 0) is 6.61 Å². The lowest BCUT2D eigenvalue weighted by Gasteiger charge is -2.08. The Labute approximate surface area is 126 Å². The Bertz CT molecular complexity index is 625. The Kier molecular flexibility index (Phi) is 5.43. The van der Waals surface area contributed by atoms with Gasteiger partial charge in [0.05, 0.1) is 6.61 Å². The van der Waals surface area contributed by atoms with Crippen molar-refractivity contribution in [3.05, 3.63) is 64.7 Å². The fraction of sp³-hybridized carbons (Fsp3) is 0.263. The summed E-state index contributed by atoms with van der Waals surface area (Å²) in [5.41, 5.74) is 4.62.